The lowest BCUT2D eigenvalue weighted by Gasteiger charge is -2.06. The van der Waals surface area contributed by atoms with Gasteiger partial charge in [-0.05, 0) is 31.2 Å². The van der Waals surface area contributed by atoms with Gasteiger partial charge in [-0.2, -0.15) is 4.52 Å². The van der Waals surface area contributed by atoms with Gasteiger partial charge in [0, 0.05) is 24.2 Å². The predicted octanol–water partition coefficient (Wildman–Crippen LogP) is 4.42. The Morgan fingerprint density at radius 3 is 2.66 bits per heavy atom. The lowest BCUT2D eigenvalue weighted by Crippen LogP contribution is -2.00. The minimum absolute atomic E-state index is 0.277. The number of halogens is 1. The van der Waals surface area contributed by atoms with E-state index in [1.165, 1.54) is 17.8 Å². The minimum Gasteiger partial charge on any atom is -0.337 e. The molecule has 0 bridgehead atoms. The van der Waals surface area contributed by atoms with E-state index in [0.29, 0.717) is 22.8 Å². The van der Waals surface area contributed by atoms with Crippen LogP contribution < -0.4 is 0 Å². The average molecular weight is 404 g/mol. The third-order valence-electron chi connectivity index (χ3n) is 4.71. The van der Waals surface area contributed by atoms with Crippen molar-refractivity contribution >= 4 is 28.3 Å². The largest absolute Gasteiger partial charge is 0.337 e. The van der Waals surface area contributed by atoms with E-state index in [1.807, 2.05) is 55.1 Å². The van der Waals surface area contributed by atoms with Crippen molar-refractivity contribution in [1.29, 1.82) is 0 Å². The van der Waals surface area contributed by atoms with Gasteiger partial charge in [-0.15, -0.1) is 5.10 Å². The van der Waals surface area contributed by atoms with Crippen LogP contribution in [0.25, 0.3) is 27.8 Å². The van der Waals surface area contributed by atoms with Crippen LogP contribution in [0.1, 0.15) is 11.6 Å². The molecule has 8 heteroatoms. The topological polar surface area (TPSA) is 60.9 Å². The van der Waals surface area contributed by atoms with E-state index in [9.17, 15) is 4.39 Å². The van der Waals surface area contributed by atoms with Crippen molar-refractivity contribution in [1.82, 2.24) is 29.1 Å². The Balaban J connectivity index is 1.50. The quantitative estimate of drug-likeness (QED) is 0.328. The number of rotatable bonds is 4. The second kappa shape index (κ2) is 6.97. The molecule has 0 fully saturated rings. The Morgan fingerprint density at radius 2 is 1.79 bits per heavy atom. The van der Waals surface area contributed by atoms with Crippen LogP contribution in [0.2, 0.25) is 0 Å². The van der Waals surface area contributed by atoms with Crippen LogP contribution in [0, 0.1) is 12.7 Å². The molecule has 29 heavy (non-hydrogen) atoms. The van der Waals surface area contributed by atoms with Crippen molar-refractivity contribution in [2.24, 2.45) is 7.05 Å². The van der Waals surface area contributed by atoms with Crippen molar-refractivity contribution in [3.63, 3.8) is 0 Å². The summed E-state index contributed by atoms with van der Waals surface area (Å²) in [5.41, 5.74) is 2.79. The highest BCUT2D eigenvalue weighted by Crippen LogP contribution is 2.27. The van der Waals surface area contributed by atoms with Gasteiger partial charge in [0.15, 0.2) is 10.8 Å². The van der Waals surface area contributed by atoms with Crippen molar-refractivity contribution in [2.45, 2.75) is 17.8 Å². The number of aromatic nitrogens is 6. The number of thioether (sulfide) groups is 1. The normalized spacial score (nSPS) is 11.6. The van der Waals surface area contributed by atoms with E-state index in [4.69, 9.17) is 4.98 Å². The summed E-state index contributed by atoms with van der Waals surface area (Å²) in [6, 6.07) is 14.6. The standard InChI is InChI=1S/C21H17FN6S/c1-13-23-20-15-8-4-6-10-17(15)25-21(28(20)26-13)29-12-19-24-18(11-27(19)2)14-7-3-5-9-16(14)22/h3-11H,12H2,1-2H3. The number of hydrogen-bond acceptors (Lipinski definition) is 5. The Kier molecular flexibility index (Phi) is 4.28. The highest BCUT2D eigenvalue weighted by molar-refractivity contribution is 7.98. The fourth-order valence-electron chi connectivity index (χ4n) is 3.29. The summed E-state index contributed by atoms with van der Waals surface area (Å²) in [6.07, 6.45) is 1.84. The van der Waals surface area contributed by atoms with Crippen molar-refractivity contribution in [3.05, 3.63) is 72.2 Å². The molecule has 5 rings (SSSR count). The molecule has 0 aliphatic carbocycles. The molecule has 0 aliphatic rings. The van der Waals surface area contributed by atoms with Gasteiger partial charge in [0.05, 0.1) is 17.0 Å². The molecule has 5 aromatic rings. The third kappa shape index (κ3) is 3.15. The average Bonchev–Trinajstić information content (AvgIpc) is 3.29. The van der Waals surface area contributed by atoms with E-state index in [1.54, 1.807) is 16.6 Å². The molecule has 0 saturated heterocycles. The summed E-state index contributed by atoms with van der Waals surface area (Å²) >= 11 is 1.53. The first-order valence-corrected chi connectivity index (χ1v) is 10.1. The maximum absolute atomic E-state index is 14.1. The number of fused-ring (bicyclic) bond motifs is 3. The molecule has 0 unspecified atom stereocenters. The number of aryl methyl sites for hydroxylation is 2. The molecule has 3 heterocycles. The summed E-state index contributed by atoms with van der Waals surface area (Å²) in [6.45, 7) is 1.87. The zero-order valence-corrected chi connectivity index (χ0v) is 16.7. The first-order valence-electron chi connectivity index (χ1n) is 9.12. The molecule has 6 nitrogen and oxygen atoms in total. The Hall–Kier alpha value is -3.26. The molecular weight excluding hydrogens is 387 g/mol. The molecule has 144 valence electrons. The van der Waals surface area contributed by atoms with Gasteiger partial charge < -0.3 is 4.57 Å². The minimum atomic E-state index is -0.277. The van der Waals surface area contributed by atoms with E-state index < -0.39 is 0 Å². The van der Waals surface area contributed by atoms with Gasteiger partial charge in [0.1, 0.15) is 17.5 Å². The van der Waals surface area contributed by atoms with Gasteiger partial charge in [0.2, 0.25) is 0 Å². The lowest BCUT2D eigenvalue weighted by molar-refractivity contribution is 0.631. The number of imidazole rings is 1. The molecule has 0 N–H and O–H groups in total. The number of nitrogens with zero attached hydrogens (tertiary/aromatic N) is 6. The lowest BCUT2D eigenvalue weighted by atomic mass is 10.1. The molecule has 0 spiro atoms. The fraction of sp³-hybridized carbons (Fsp3) is 0.143. The SMILES string of the molecule is Cc1nc2c3ccccc3nc(SCc3nc(-c4ccccc4F)cn3C)n2n1. The number of benzene rings is 2. The van der Waals surface area contributed by atoms with Gasteiger partial charge >= 0.3 is 0 Å². The van der Waals surface area contributed by atoms with Crippen molar-refractivity contribution in [2.75, 3.05) is 0 Å². The molecule has 0 amide bonds. The van der Waals surface area contributed by atoms with E-state index in [2.05, 4.69) is 15.1 Å². The maximum atomic E-state index is 14.1. The molecule has 0 saturated carbocycles. The molecule has 0 radical (unpaired) electrons. The number of para-hydroxylation sites is 1. The first-order chi connectivity index (χ1) is 14.1. The maximum Gasteiger partial charge on any atom is 0.191 e. The highest BCUT2D eigenvalue weighted by atomic mass is 32.2. The Labute approximate surface area is 170 Å². The van der Waals surface area contributed by atoms with Crippen LogP contribution in [-0.2, 0) is 12.8 Å². The van der Waals surface area contributed by atoms with Crippen LogP contribution in [0.15, 0.2) is 59.9 Å². The van der Waals surface area contributed by atoms with E-state index in [-0.39, 0.29) is 5.82 Å². The van der Waals surface area contributed by atoms with Crippen molar-refractivity contribution < 1.29 is 4.39 Å². The van der Waals surface area contributed by atoms with Crippen LogP contribution in [0.3, 0.4) is 0 Å². The summed E-state index contributed by atoms with van der Waals surface area (Å²) in [5.74, 6) is 1.82. The van der Waals surface area contributed by atoms with Gasteiger partial charge in [-0.1, -0.05) is 36.0 Å². The van der Waals surface area contributed by atoms with Crippen LogP contribution in [0.4, 0.5) is 4.39 Å². The highest BCUT2D eigenvalue weighted by Gasteiger charge is 2.15. The van der Waals surface area contributed by atoms with E-state index >= 15 is 0 Å². The van der Waals surface area contributed by atoms with Crippen LogP contribution in [0.5, 0.6) is 0 Å². The molecule has 3 aromatic heterocycles. The molecule has 2 aromatic carbocycles. The smallest absolute Gasteiger partial charge is 0.191 e. The monoisotopic (exact) mass is 404 g/mol. The fourth-order valence-corrected chi connectivity index (χ4v) is 4.23. The molecule has 0 aliphatic heterocycles. The predicted molar refractivity (Wildman–Crippen MR) is 111 cm³/mol. The van der Waals surface area contributed by atoms with Crippen LogP contribution in [-0.4, -0.2) is 29.1 Å². The summed E-state index contributed by atoms with van der Waals surface area (Å²) in [7, 11) is 1.91. The zero-order valence-electron chi connectivity index (χ0n) is 15.9. The second-order valence-corrected chi connectivity index (χ2v) is 7.67. The second-order valence-electron chi connectivity index (χ2n) is 6.73. The Morgan fingerprint density at radius 1 is 1.00 bits per heavy atom. The Bertz CT molecular complexity index is 1360. The number of hydrogen-bond donors (Lipinski definition) is 0. The zero-order chi connectivity index (χ0) is 20.0. The van der Waals surface area contributed by atoms with Crippen molar-refractivity contribution in [3.8, 4) is 11.3 Å². The summed E-state index contributed by atoms with van der Waals surface area (Å²) < 4.78 is 17.8. The van der Waals surface area contributed by atoms with Gasteiger partial charge in [-0.25, -0.2) is 19.3 Å². The van der Waals surface area contributed by atoms with Gasteiger partial charge in [-0.3, -0.25) is 0 Å². The molecule has 0 atom stereocenters. The van der Waals surface area contributed by atoms with Crippen LogP contribution >= 0.6 is 11.8 Å². The molecular formula is C21H17FN6S. The van der Waals surface area contributed by atoms with E-state index in [0.717, 1.165) is 27.5 Å². The van der Waals surface area contributed by atoms with Gasteiger partial charge in [0.25, 0.3) is 0 Å². The summed E-state index contributed by atoms with van der Waals surface area (Å²) in [5, 5.41) is 6.22. The first kappa shape index (κ1) is 17.8. The third-order valence-corrected chi connectivity index (χ3v) is 5.63. The summed E-state index contributed by atoms with van der Waals surface area (Å²) in [4.78, 5) is 14.0.